The Balaban J connectivity index is 1.20. The molecule has 5 nitrogen and oxygen atoms in total. The molecule has 0 radical (unpaired) electrons. The van der Waals surface area contributed by atoms with Gasteiger partial charge in [0.25, 0.3) is 5.91 Å². The summed E-state index contributed by atoms with van der Waals surface area (Å²) in [6.07, 6.45) is 5.25. The number of aromatic nitrogens is 1. The number of aryl methyl sites for hydroxylation is 1. The summed E-state index contributed by atoms with van der Waals surface area (Å²) in [5, 5.41) is 4.69. The Morgan fingerprint density at radius 1 is 1.11 bits per heavy atom. The summed E-state index contributed by atoms with van der Waals surface area (Å²) in [4.78, 5) is 34.8. The number of rotatable bonds is 5. The maximum Gasteiger partial charge on any atom is 0.273 e. The van der Waals surface area contributed by atoms with Gasteiger partial charge in [-0.25, -0.2) is 4.98 Å². The lowest BCUT2D eigenvalue weighted by Gasteiger charge is -2.33. The molecule has 5 rings (SSSR count). The van der Waals surface area contributed by atoms with Crippen LogP contribution in [0.3, 0.4) is 0 Å². The van der Waals surface area contributed by atoms with Crippen LogP contribution in [0.1, 0.15) is 69.8 Å². The maximum atomic E-state index is 13.3. The Bertz CT molecular complexity index is 1370. The predicted octanol–water partition coefficient (Wildman–Crippen LogP) is 4.06. The van der Waals surface area contributed by atoms with Crippen molar-refractivity contribution in [2.45, 2.75) is 50.5 Å². The third-order valence-corrected chi connectivity index (χ3v) is 8.68. The normalized spacial score (nSPS) is 18.0. The molecule has 2 heterocycles. The molecule has 2 amide bonds. The molecule has 186 valence electrons. The number of benzene rings is 2. The summed E-state index contributed by atoms with van der Waals surface area (Å²) in [5.41, 5.74) is 4.09. The lowest BCUT2D eigenvalue weighted by atomic mass is 9.87. The van der Waals surface area contributed by atoms with Gasteiger partial charge in [-0.05, 0) is 59.2 Å². The highest BCUT2D eigenvalue weighted by molar-refractivity contribution is 7.09. The second-order valence-electron chi connectivity index (χ2n) is 10.0. The van der Waals surface area contributed by atoms with Crippen molar-refractivity contribution in [3.05, 3.63) is 85.7 Å². The van der Waals surface area contributed by atoms with Crippen molar-refractivity contribution < 1.29 is 9.59 Å². The van der Waals surface area contributed by atoms with Crippen molar-refractivity contribution in [2.24, 2.45) is 0 Å². The van der Waals surface area contributed by atoms with Crippen LogP contribution in [-0.4, -0.2) is 46.7 Å². The molecule has 1 aromatic heterocycles. The molecular weight excluding hydrogens is 466 g/mol. The number of thiazole rings is 1. The Morgan fingerprint density at radius 3 is 2.69 bits per heavy atom. The van der Waals surface area contributed by atoms with Crippen LogP contribution in [0.15, 0.2) is 47.8 Å². The molecule has 0 N–H and O–H groups in total. The SMILES string of the molecule is C=c1ccc(=C)c(CC(=O)N2CCC(c3nc(C(=O)N(C)[C@@H]4CCCc5ccccc54)cs3)CC2)c1. The van der Waals surface area contributed by atoms with E-state index in [-0.39, 0.29) is 23.8 Å². The number of nitrogens with zero attached hydrogens (tertiary/aromatic N) is 3. The number of carbonyl (C=O) groups is 2. The minimum absolute atomic E-state index is 0.0107. The first-order chi connectivity index (χ1) is 17.4. The summed E-state index contributed by atoms with van der Waals surface area (Å²) in [6, 6.07) is 14.3. The van der Waals surface area contributed by atoms with E-state index in [0.717, 1.165) is 53.1 Å². The minimum Gasteiger partial charge on any atom is -0.342 e. The van der Waals surface area contributed by atoms with E-state index >= 15 is 0 Å². The molecule has 1 aliphatic carbocycles. The van der Waals surface area contributed by atoms with Crippen molar-refractivity contribution in [3.63, 3.8) is 0 Å². The molecule has 2 aromatic carbocycles. The maximum absolute atomic E-state index is 13.3. The molecule has 2 aliphatic rings. The topological polar surface area (TPSA) is 53.5 Å². The molecule has 3 aromatic rings. The summed E-state index contributed by atoms with van der Waals surface area (Å²) in [5.74, 6) is 0.407. The van der Waals surface area contributed by atoms with Gasteiger partial charge in [0.15, 0.2) is 0 Å². The lowest BCUT2D eigenvalue weighted by Crippen LogP contribution is -2.39. The van der Waals surface area contributed by atoms with Crippen LogP contribution in [0.4, 0.5) is 0 Å². The van der Waals surface area contributed by atoms with E-state index in [1.54, 1.807) is 11.3 Å². The number of likely N-dealkylation sites (tertiary alicyclic amines) is 1. The fourth-order valence-electron chi connectivity index (χ4n) is 5.52. The highest BCUT2D eigenvalue weighted by Gasteiger charge is 2.30. The number of carbonyl (C=O) groups excluding carboxylic acids is 2. The minimum atomic E-state index is -0.0107. The standard InChI is InChI=1S/C30H33N3O2S/c1-20-11-12-21(2)24(17-20)18-28(34)33-15-13-23(14-16-33)29-31-26(19-36-29)30(35)32(3)27-10-6-8-22-7-4-5-9-25(22)27/h4-5,7,9,11-12,17,19,23,27H,1-2,6,8,10,13-16,18H2,3H3/t27-/m1/s1. The zero-order valence-electron chi connectivity index (χ0n) is 20.9. The first-order valence-electron chi connectivity index (χ1n) is 12.8. The van der Waals surface area contributed by atoms with Crippen molar-refractivity contribution in [1.82, 2.24) is 14.8 Å². The molecule has 0 unspecified atom stereocenters. The van der Waals surface area contributed by atoms with Gasteiger partial charge in [-0.15, -0.1) is 11.3 Å². The van der Waals surface area contributed by atoms with Crippen LogP contribution in [0.2, 0.25) is 0 Å². The highest BCUT2D eigenvalue weighted by Crippen LogP contribution is 2.35. The Morgan fingerprint density at radius 2 is 1.89 bits per heavy atom. The fourth-order valence-corrected chi connectivity index (χ4v) is 6.49. The second kappa shape index (κ2) is 10.4. The van der Waals surface area contributed by atoms with Crippen LogP contribution in [-0.2, 0) is 17.6 Å². The van der Waals surface area contributed by atoms with Crippen molar-refractivity contribution in [1.29, 1.82) is 0 Å². The smallest absolute Gasteiger partial charge is 0.273 e. The van der Waals surface area contributed by atoms with Crippen LogP contribution in [0.25, 0.3) is 13.2 Å². The van der Waals surface area contributed by atoms with Gasteiger partial charge in [-0.3, -0.25) is 9.59 Å². The first-order valence-corrected chi connectivity index (χ1v) is 13.6. The van der Waals surface area contributed by atoms with Gasteiger partial charge >= 0.3 is 0 Å². The zero-order chi connectivity index (χ0) is 25.2. The van der Waals surface area contributed by atoms with Gasteiger partial charge < -0.3 is 9.80 Å². The van der Waals surface area contributed by atoms with Crippen LogP contribution >= 0.6 is 11.3 Å². The molecule has 0 spiro atoms. The number of hydrogen-bond acceptors (Lipinski definition) is 4. The van der Waals surface area contributed by atoms with E-state index in [9.17, 15) is 9.59 Å². The fraction of sp³-hybridized carbons (Fsp3) is 0.367. The number of fused-ring (bicyclic) bond motifs is 1. The van der Waals surface area contributed by atoms with E-state index in [2.05, 4.69) is 37.4 Å². The Labute approximate surface area is 216 Å². The average molecular weight is 500 g/mol. The third kappa shape index (κ3) is 5.00. The number of piperidine rings is 1. The van der Waals surface area contributed by atoms with E-state index in [1.165, 1.54) is 11.1 Å². The highest BCUT2D eigenvalue weighted by atomic mass is 32.1. The average Bonchev–Trinajstić information content (AvgIpc) is 3.40. The molecule has 6 heteroatoms. The monoisotopic (exact) mass is 499 g/mol. The van der Waals surface area contributed by atoms with Crippen molar-refractivity contribution in [3.8, 4) is 0 Å². The van der Waals surface area contributed by atoms with Crippen LogP contribution in [0, 0.1) is 0 Å². The van der Waals surface area contributed by atoms with Gasteiger partial charge in [0.1, 0.15) is 5.69 Å². The number of hydrogen-bond donors (Lipinski definition) is 0. The van der Waals surface area contributed by atoms with Gasteiger partial charge in [0, 0.05) is 31.4 Å². The second-order valence-corrected chi connectivity index (χ2v) is 10.9. The van der Waals surface area contributed by atoms with Gasteiger partial charge in [0.05, 0.1) is 17.5 Å². The van der Waals surface area contributed by atoms with E-state index in [0.29, 0.717) is 25.2 Å². The molecule has 1 aliphatic heterocycles. The van der Waals surface area contributed by atoms with E-state index in [1.807, 2.05) is 40.4 Å². The molecular formula is C30H33N3O2S. The van der Waals surface area contributed by atoms with E-state index < -0.39 is 0 Å². The van der Waals surface area contributed by atoms with Gasteiger partial charge in [-0.1, -0.05) is 55.6 Å². The van der Waals surface area contributed by atoms with Crippen molar-refractivity contribution in [2.75, 3.05) is 20.1 Å². The predicted molar refractivity (Wildman–Crippen MR) is 145 cm³/mol. The quantitative estimate of drug-likeness (QED) is 0.532. The van der Waals surface area contributed by atoms with Crippen LogP contribution < -0.4 is 10.4 Å². The summed E-state index contributed by atoms with van der Waals surface area (Å²) < 4.78 is 0. The summed E-state index contributed by atoms with van der Waals surface area (Å²) >= 11 is 1.57. The van der Waals surface area contributed by atoms with Gasteiger partial charge in [-0.2, -0.15) is 0 Å². The van der Waals surface area contributed by atoms with Crippen molar-refractivity contribution >= 4 is 36.3 Å². The Hall–Kier alpha value is -3.25. The third-order valence-electron chi connectivity index (χ3n) is 7.68. The first kappa shape index (κ1) is 24.4. The van der Waals surface area contributed by atoms with E-state index in [4.69, 9.17) is 4.98 Å². The lowest BCUT2D eigenvalue weighted by molar-refractivity contribution is -0.131. The number of amides is 2. The van der Waals surface area contributed by atoms with Crippen LogP contribution in [0.5, 0.6) is 0 Å². The molecule has 0 saturated carbocycles. The molecule has 0 bridgehead atoms. The Kier molecular flexibility index (Phi) is 7.06. The summed E-state index contributed by atoms with van der Waals surface area (Å²) in [7, 11) is 1.90. The van der Waals surface area contributed by atoms with Gasteiger partial charge in [0.2, 0.25) is 5.91 Å². The molecule has 1 atom stereocenters. The molecule has 36 heavy (non-hydrogen) atoms. The largest absolute Gasteiger partial charge is 0.342 e. The molecule has 1 saturated heterocycles. The zero-order valence-corrected chi connectivity index (χ0v) is 21.7. The molecule has 1 fully saturated rings. The summed E-state index contributed by atoms with van der Waals surface area (Å²) in [6.45, 7) is 9.43.